The summed E-state index contributed by atoms with van der Waals surface area (Å²) in [6.45, 7) is 2.57. The first kappa shape index (κ1) is 13.1. The van der Waals surface area contributed by atoms with E-state index in [2.05, 4.69) is 11.2 Å². The molecular weight excluding hydrogens is 242 g/mol. The smallest absolute Gasteiger partial charge is 0.163 e. The van der Waals surface area contributed by atoms with Crippen LogP contribution < -0.4 is 4.74 Å². The fraction of sp³-hybridized carbons (Fsp3) is 0.286. The van der Waals surface area contributed by atoms with Crippen molar-refractivity contribution >= 4 is 0 Å². The molecular formula is C14H15N3O2. The van der Waals surface area contributed by atoms with Gasteiger partial charge in [0, 0.05) is 6.54 Å². The normalized spacial score (nSPS) is 11.9. The largest absolute Gasteiger partial charge is 0.493 e. The van der Waals surface area contributed by atoms with Gasteiger partial charge in [0.2, 0.25) is 0 Å². The predicted molar refractivity (Wildman–Crippen MR) is 69.7 cm³/mol. The van der Waals surface area contributed by atoms with Gasteiger partial charge in [0.25, 0.3) is 0 Å². The lowest BCUT2D eigenvalue weighted by molar-refractivity contribution is 0.202. The zero-order chi connectivity index (χ0) is 13.8. The summed E-state index contributed by atoms with van der Waals surface area (Å²) in [4.78, 5) is 0. The molecule has 0 bridgehead atoms. The second-order valence-corrected chi connectivity index (χ2v) is 4.05. The van der Waals surface area contributed by atoms with E-state index in [1.54, 1.807) is 42.3 Å². The lowest BCUT2D eigenvalue weighted by atomic mass is 10.0. The van der Waals surface area contributed by atoms with Gasteiger partial charge in [-0.3, -0.25) is 4.68 Å². The summed E-state index contributed by atoms with van der Waals surface area (Å²) in [7, 11) is 1.54. The van der Waals surface area contributed by atoms with Gasteiger partial charge in [-0.25, -0.2) is 0 Å². The fourth-order valence-corrected chi connectivity index (χ4v) is 2.00. The average molecular weight is 257 g/mol. The van der Waals surface area contributed by atoms with Crippen molar-refractivity contribution in [2.24, 2.45) is 0 Å². The molecule has 19 heavy (non-hydrogen) atoms. The molecule has 5 nitrogen and oxygen atoms in total. The van der Waals surface area contributed by atoms with Crippen LogP contribution in [-0.2, 0) is 6.54 Å². The summed E-state index contributed by atoms with van der Waals surface area (Å²) >= 11 is 0. The van der Waals surface area contributed by atoms with Crippen molar-refractivity contribution < 1.29 is 9.84 Å². The topological polar surface area (TPSA) is 71.1 Å². The molecule has 0 spiro atoms. The molecule has 98 valence electrons. The monoisotopic (exact) mass is 257 g/mol. The quantitative estimate of drug-likeness (QED) is 0.907. The highest BCUT2D eigenvalue weighted by molar-refractivity contribution is 5.39. The van der Waals surface area contributed by atoms with E-state index in [-0.39, 0.29) is 0 Å². The van der Waals surface area contributed by atoms with Crippen LogP contribution in [0.5, 0.6) is 5.75 Å². The Morgan fingerprint density at radius 2 is 2.32 bits per heavy atom. The van der Waals surface area contributed by atoms with Crippen molar-refractivity contribution in [3.63, 3.8) is 0 Å². The lowest BCUT2D eigenvalue weighted by Crippen LogP contribution is -2.10. The van der Waals surface area contributed by atoms with Crippen LogP contribution in [0.15, 0.2) is 30.5 Å². The SMILES string of the molecule is CCn1ncc(OC)c1C(O)c1cccc(C#N)c1. The van der Waals surface area contributed by atoms with E-state index in [0.717, 1.165) is 0 Å². The first-order valence-corrected chi connectivity index (χ1v) is 5.99. The molecule has 1 heterocycles. The number of nitrogens with zero attached hydrogens (tertiary/aromatic N) is 3. The number of hydrogen-bond acceptors (Lipinski definition) is 4. The van der Waals surface area contributed by atoms with Crippen molar-refractivity contribution in [1.82, 2.24) is 9.78 Å². The molecule has 5 heteroatoms. The van der Waals surface area contributed by atoms with Crippen LogP contribution in [0.1, 0.15) is 29.8 Å². The summed E-state index contributed by atoms with van der Waals surface area (Å²) in [6, 6.07) is 8.94. The number of aliphatic hydroxyl groups is 1. The maximum absolute atomic E-state index is 10.5. The minimum atomic E-state index is -0.870. The Hall–Kier alpha value is -2.32. The highest BCUT2D eigenvalue weighted by Gasteiger charge is 2.21. The van der Waals surface area contributed by atoms with Gasteiger partial charge in [-0.05, 0) is 24.6 Å². The molecule has 1 aromatic carbocycles. The number of aryl methyl sites for hydroxylation is 1. The van der Waals surface area contributed by atoms with Gasteiger partial charge < -0.3 is 9.84 Å². The second kappa shape index (κ2) is 5.55. The maximum Gasteiger partial charge on any atom is 0.163 e. The Balaban J connectivity index is 2.46. The van der Waals surface area contributed by atoms with Gasteiger partial charge in [-0.1, -0.05) is 12.1 Å². The zero-order valence-corrected chi connectivity index (χ0v) is 10.9. The molecule has 1 N–H and O–H groups in total. The highest BCUT2D eigenvalue weighted by atomic mass is 16.5. The van der Waals surface area contributed by atoms with Crippen LogP contribution in [0.3, 0.4) is 0 Å². The molecule has 0 aliphatic carbocycles. The van der Waals surface area contributed by atoms with E-state index in [4.69, 9.17) is 10.00 Å². The molecule has 0 radical (unpaired) electrons. The van der Waals surface area contributed by atoms with Crippen LogP contribution in [0.25, 0.3) is 0 Å². The van der Waals surface area contributed by atoms with E-state index in [0.29, 0.717) is 29.1 Å². The number of aromatic nitrogens is 2. The highest BCUT2D eigenvalue weighted by Crippen LogP contribution is 2.30. The van der Waals surface area contributed by atoms with Crippen molar-refractivity contribution in [1.29, 1.82) is 5.26 Å². The molecule has 0 fully saturated rings. The number of methoxy groups -OCH3 is 1. The first-order valence-electron chi connectivity index (χ1n) is 5.99. The van der Waals surface area contributed by atoms with Crippen LogP contribution in [-0.4, -0.2) is 22.0 Å². The van der Waals surface area contributed by atoms with Crippen LogP contribution in [0.2, 0.25) is 0 Å². The van der Waals surface area contributed by atoms with E-state index in [9.17, 15) is 5.11 Å². The number of hydrogen-bond donors (Lipinski definition) is 1. The summed E-state index contributed by atoms with van der Waals surface area (Å²) in [5.41, 5.74) is 1.76. The number of benzene rings is 1. The predicted octanol–water partition coefficient (Wildman–Crippen LogP) is 1.86. The van der Waals surface area contributed by atoms with Crippen molar-refractivity contribution in [2.45, 2.75) is 19.6 Å². The summed E-state index contributed by atoms with van der Waals surface area (Å²) in [5, 5.41) is 23.5. The number of rotatable bonds is 4. The van der Waals surface area contributed by atoms with E-state index in [1.165, 1.54) is 0 Å². The number of ether oxygens (including phenoxy) is 1. The van der Waals surface area contributed by atoms with Crippen molar-refractivity contribution in [2.75, 3.05) is 7.11 Å². The summed E-state index contributed by atoms with van der Waals surface area (Å²) in [5.74, 6) is 0.539. The van der Waals surface area contributed by atoms with Gasteiger partial charge in [0.1, 0.15) is 11.8 Å². The molecule has 2 aromatic rings. The van der Waals surface area contributed by atoms with Gasteiger partial charge in [0.15, 0.2) is 5.75 Å². The third kappa shape index (κ3) is 2.44. The van der Waals surface area contributed by atoms with Crippen molar-refractivity contribution in [3.8, 4) is 11.8 Å². The van der Waals surface area contributed by atoms with Gasteiger partial charge in [-0.15, -0.1) is 0 Å². The van der Waals surface area contributed by atoms with E-state index < -0.39 is 6.10 Å². The van der Waals surface area contributed by atoms with E-state index in [1.807, 2.05) is 6.92 Å². The Labute approximate surface area is 111 Å². The van der Waals surface area contributed by atoms with Crippen LogP contribution in [0.4, 0.5) is 0 Å². The molecule has 0 amide bonds. The maximum atomic E-state index is 10.5. The fourth-order valence-electron chi connectivity index (χ4n) is 2.00. The minimum Gasteiger partial charge on any atom is -0.493 e. The molecule has 0 saturated carbocycles. The zero-order valence-electron chi connectivity index (χ0n) is 10.9. The molecule has 1 atom stereocenters. The number of aliphatic hydroxyl groups excluding tert-OH is 1. The molecule has 0 aliphatic heterocycles. The Morgan fingerprint density at radius 1 is 1.53 bits per heavy atom. The van der Waals surface area contributed by atoms with Crippen molar-refractivity contribution in [3.05, 3.63) is 47.3 Å². The standard InChI is InChI=1S/C14H15N3O2/c1-3-17-13(12(19-2)9-16-17)14(18)11-6-4-5-10(7-11)8-15/h4-7,9,14,18H,3H2,1-2H3. The molecule has 0 saturated heterocycles. The molecule has 1 unspecified atom stereocenters. The molecule has 1 aromatic heterocycles. The first-order chi connectivity index (χ1) is 9.21. The Kier molecular flexibility index (Phi) is 3.83. The minimum absolute atomic E-state index is 0.512. The Bertz CT molecular complexity index is 592. The van der Waals surface area contributed by atoms with Crippen LogP contribution in [0, 0.1) is 11.3 Å². The van der Waals surface area contributed by atoms with Gasteiger partial charge in [0.05, 0.1) is 24.9 Å². The molecule has 0 aliphatic rings. The number of nitriles is 1. The van der Waals surface area contributed by atoms with Gasteiger partial charge >= 0.3 is 0 Å². The average Bonchev–Trinajstić information content (AvgIpc) is 2.89. The van der Waals surface area contributed by atoms with E-state index >= 15 is 0 Å². The Morgan fingerprint density at radius 3 is 2.95 bits per heavy atom. The lowest BCUT2D eigenvalue weighted by Gasteiger charge is -2.14. The third-order valence-electron chi connectivity index (χ3n) is 2.95. The summed E-state index contributed by atoms with van der Waals surface area (Å²) in [6.07, 6.45) is 0.710. The van der Waals surface area contributed by atoms with Crippen LogP contribution >= 0.6 is 0 Å². The van der Waals surface area contributed by atoms with Gasteiger partial charge in [-0.2, -0.15) is 10.4 Å². The summed E-state index contributed by atoms with van der Waals surface area (Å²) < 4.78 is 6.90. The molecule has 2 rings (SSSR count). The second-order valence-electron chi connectivity index (χ2n) is 4.05. The third-order valence-corrected chi connectivity index (χ3v) is 2.95.